The molecule has 1 aliphatic carbocycles. The number of allylic oxidation sites excluding steroid dienone is 2. The molecule has 0 heterocycles. The topological polar surface area (TPSA) is 0 Å². The van der Waals surface area contributed by atoms with Crippen molar-refractivity contribution in [3.8, 4) is 0 Å². The van der Waals surface area contributed by atoms with Gasteiger partial charge in [0.1, 0.15) is 0 Å². The molecule has 1 atom stereocenters. The maximum absolute atomic E-state index is 2.40. The number of hydrogen-bond donors (Lipinski definition) is 0. The van der Waals surface area contributed by atoms with E-state index in [2.05, 4.69) is 33.8 Å². The van der Waals surface area contributed by atoms with Gasteiger partial charge in [-0.15, -0.1) is 0 Å². The molecule has 58 valence electrons. The zero-order valence-electron chi connectivity index (χ0n) is 7.57. The first kappa shape index (κ1) is 7.84. The molecule has 0 heteroatoms. The molecule has 0 saturated carbocycles. The second-order valence-corrected chi connectivity index (χ2v) is 4.42. The Balaban J connectivity index is 2.69. The van der Waals surface area contributed by atoms with Crippen LogP contribution in [0.5, 0.6) is 0 Å². The predicted octanol–water partition coefficient (Wildman–Crippen LogP) is 3.39. The van der Waals surface area contributed by atoms with E-state index in [0.29, 0.717) is 5.41 Å². The Bertz CT molecular complexity index is 151. The van der Waals surface area contributed by atoms with E-state index in [4.69, 9.17) is 0 Å². The van der Waals surface area contributed by atoms with Crippen molar-refractivity contribution in [2.24, 2.45) is 11.3 Å². The minimum absolute atomic E-state index is 0.554. The van der Waals surface area contributed by atoms with Crippen molar-refractivity contribution in [2.75, 3.05) is 0 Å². The van der Waals surface area contributed by atoms with Crippen molar-refractivity contribution in [1.82, 2.24) is 0 Å². The largest absolute Gasteiger partial charge is 0.0848 e. The van der Waals surface area contributed by atoms with Crippen LogP contribution < -0.4 is 0 Å². The van der Waals surface area contributed by atoms with Crippen LogP contribution in [0.25, 0.3) is 0 Å². The summed E-state index contributed by atoms with van der Waals surface area (Å²) in [6, 6.07) is 0. The molecule has 0 saturated heterocycles. The zero-order chi connectivity index (χ0) is 7.78. The summed E-state index contributed by atoms with van der Waals surface area (Å²) >= 11 is 0. The lowest BCUT2D eigenvalue weighted by Gasteiger charge is -2.32. The highest BCUT2D eigenvalue weighted by Gasteiger charge is 2.24. The van der Waals surface area contributed by atoms with Gasteiger partial charge in [-0.05, 0) is 31.1 Å². The Hall–Kier alpha value is -0.260. The smallest absolute Gasteiger partial charge is 0.0229 e. The summed E-state index contributed by atoms with van der Waals surface area (Å²) < 4.78 is 0. The molecule has 1 aliphatic rings. The van der Waals surface area contributed by atoms with Crippen molar-refractivity contribution < 1.29 is 0 Å². The fraction of sp³-hybridized carbons (Fsp3) is 0.800. The molecule has 0 aromatic carbocycles. The summed E-state index contributed by atoms with van der Waals surface area (Å²) in [5.41, 5.74) is 2.14. The second-order valence-electron chi connectivity index (χ2n) is 4.42. The molecular weight excluding hydrogens is 120 g/mol. The van der Waals surface area contributed by atoms with Crippen LogP contribution in [0.1, 0.15) is 40.5 Å². The molecule has 0 radical (unpaired) electrons. The van der Waals surface area contributed by atoms with E-state index in [1.54, 1.807) is 5.57 Å². The minimum atomic E-state index is 0.554. The average Bonchev–Trinajstić information content (AvgIpc) is 1.79. The van der Waals surface area contributed by atoms with Crippen LogP contribution >= 0.6 is 0 Å². The highest BCUT2D eigenvalue weighted by Crippen LogP contribution is 2.37. The predicted molar refractivity (Wildman–Crippen MR) is 45.9 cm³/mol. The summed E-state index contributed by atoms with van der Waals surface area (Å²) in [6.07, 6.45) is 5.02. The first-order valence-electron chi connectivity index (χ1n) is 4.18. The molecule has 0 bridgehead atoms. The standard InChI is InChI=1S/C10H18/c1-8-5-6-10(3,4)7-9(8)2/h5,9H,6-7H2,1-4H3. The van der Waals surface area contributed by atoms with Crippen LogP contribution in [-0.2, 0) is 0 Å². The van der Waals surface area contributed by atoms with Crippen LogP contribution in [0.15, 0.2) is 11.6 Å². The van der Waals surface area contributed by atoms with Crippen molar-refractivity contribution >= 4 is 0 Å². The van der Waals surface area contributed by atoms with E-state index in [9.17, 15) is 0 Å². The molecule has 0 N–H and O–H groups in total. The lowest BCUT2D eigenvalue weighted by atomic mass is 9.74. The van der Waals surface area contributed by atoms with E-state index in [1.807, 2.05) is 0 Å². The molecule has 0 spiro atoms. The summed E-state index contributed by atoms with van der Waals surface area (Å²) in [5, 5.41) is 0. The summed E-state index contributed by atoms with van der Waals surface area (Å²) in [6.45, 7) is 9.28. The molecule has 0 aromatic rings. The average molecular weight is 138 g/mol. The van der Waals surface area contributed by atoms with E-state index >= 15 is 0 Å². The van der Waals surface area contributed by atoms with Crippen LogP contribution in [0.4, 0.5) is 0 Å². The Morgan fingerprint density at radius 3 is 2.50 bits per heavy atom. The molecule has 10 heavy (non-hydrogen) atoms. The van der Waals surface area contributed by atoms with E-state index in [-0.39, 0.29) is 0 Å². The maximum Gasteiger partial charge on any atom is -0.0229 e. The van der Waals surface area contributed by atoms with Gasteiger partial charge in [0.05, 0.1) is 0 Å². The SMILES string of the molecule is CC1=CCC(C)(C)CC1C. The lowest BCUT2D eigenvalue weighted by molar-refractivity contribution is 0.280. The van der Waals surface area contributed by atoms with Gasteiger partial charge in [0.2, 0.25) is 0 Å². The Morgan fingerprint density at radius 2 is 2.10 bits per heavy atom. The minimum Gasteiger partial charge on any atom is -0.0848 e. The third-order valence-corrected chi connectivity index (χ3v) is 2.61. The third kappa shape index (κ3) is 1.62. The molecule has 0 fully saturated rings. The first-order chi connectivity index (χ1) is 4.51. The summed E-state index contributed by atoms with van der Waals surface area (Å²) in [4.78, 5) is 0. The van der Waals surface area contributed by atoms with Gasteiger partial charge < -0.3 is 0 Å². The third-order valence-electron chi connectivity index (χ3n) is 2.61. The van der Waals surface area contributed by atoms with Gasteiger partial charge in [-0.3, -0.25) is 0 Å². The molecule has 1 unspecified atom stereocenters. The Kier molecular flexibility index (Phi) is 1.89. The van der Waals surface area contributed by atoms with Crippen molar-refractivity contribution in [2.45, 2.75) is 40.5 Å². The summed E-state index contributed by atoms with van der Waals surface area (Å²) in [7, 11) is 0. The van der Waals surface area contributed by atoms with E-state index in [1.165, 1.54) is 12.8 Å². The van der Waals surface area contributed by atoms with Gasteiger partial charge in [0.15, 0.2) is 0 Å². The summed E-state index contributed by atoms with van der Waals surface area (Å²) in [5.74, 6) is 0.809. The lowest BCUT2D eigenvalue weighted by Crippen LogP contribution is -2.19. The quantitative estimate of drug-likeness (QED) is 0.450. The molecule has 0 aromatic heterocycles. The highest BCUT2D eigenvalue weighted by atomic mass is 14.3. The van der Waals surface area contributed by atoms with Crippen LogP contribution in [0.3, 0.4) is 0 Å². The van der Waals surface area contributed by atoms with Crippen LogP contribution in [0, 0.1) is 11.3 Å². The number of hydrogen-bond acceptors (Lipinski definition) is 0. The van der Waals surface area contributed by atoms with Crippen molar-refractivity contribution in [3.63, 3.8) is 0 Å². The monoisotopic (exact) mass is 138 g/mol. The van der Waals surface area contributed by atoms with Crippen LogP contribution in [0.2, 0.25) is 0 Å². The van der Waals surface area contributed by atoms with Crippen molar-refractivity contribution in [3.05, 3.63) is 11.6 Å². The highest BCUT2D eigenvalue weighted by molar-refractivity contribution is 5.08. The van der Waals surface area contributed by atoms with Gasteiger partial charge in [-0.1, -0.05) is 32.4 Å². The number of rotatable bonds is 0. The van der Waals surface area contributed by atoms with E-state index in [0.717, 1.165) is 5.92 Å². The van der Waals surface area contributed by atoms with Gasteiger partial charge in [-0.25, -0.2) is 0 Å². The van der Waals surface area contributed by atoms with Gasteiger partial charge in [-0.2, -0.15) is 0 Å². The molecule has 1 rings (SSSR count). The normalized spacial score (nSPS) is 31.6. The van der Waals surface area contributed by atoms with E-state index < -0.39 is 0 Å². The molecule has 0 nitrogen and oxygen atoms in total. The first-order valence-corrected chi connectivity index (χ1v) is 4.18. The van der Waals surface area contributed by atoms with Gasteiger partial charge in [0.25, 0.3) is 0 Å². The molecular formula is C10H18. The van der Waals surface area contributed by atoms with Crippen molar-refractivity contribution in [1.29, 1.82) is 0 Å². The zero-order valence-corrected chi connectivity index (χ0v) is 7.57. The fourth-order valence-electron chi connectivity index (χ4n) is 1.71. The van der Waals surface area contributed by atoms with Gasteiger partial charge in [0, 0.05) is 0 Å². The Labute approximate surface area is 64.3 Å². The fourth-order valence-corrected chi connectivity index (χ4v) is 1.71. The molecule has 0 aliphatic heterocycles. The molecule has 0 amide bonds. The Morgan fingerprint density at radius 1 is 1.50 bits per heavy atom. The van der Waals surface area contributed by atoms with Crippen LogP contribution in [-0.4, -0.2) is 0 Å². The van der Waals surface area contributed by atoms with Gasteiger partial charge >= 0.3 is 0 Å². The maximum atomic E-state index is 2.40. The second kappa shape index (κ2) is 2.41.